The van der Waals surface area contributed by atoms with Gasteiger partial charge in [0.1, 0.15) is 6.61 Å². The molecule has 1 rings (SSSR count). The molecule has 0 saturated heterocycles. The minimum absolute atomic E-state index is 0.220. The molecule has 19 heavy (non-hydrogen) atoms. The summed E-state index contributed by atoms with van der Waals surface area (Å²) in [6.45, 7) is 4.27. The Balaban J connectivity index is 2.40. The lowest BCUT2D eigenvalue weighted by molar-refractivity contribution is 0.137. The zero-order valence-corrected chi connectivity index (χ0v) is 11.2. The predicted octanol–water partition coefficient (Wildman–Crippen LogP) is 2.79. The van der Waals surface area contributed by atoms with Gasteiger partial charge in [-0.25, -0.2) is 4.79 Å². The highest BCUT2D eigenvalue weighted by Crippen LogP contribution is 2.04. The van der Waals surface area contributed by atoms with Crippen LogP contribution in [-0.4, -0.2) is 23.6 Å². The summed E-state index contributed by atoms with van der Waals surface area (Å²) < 4.78 is 5.09. The van der Waals surface area contributed by atoms with Crippen LogP contribution in [0.2, 0.25) is 0 Å². The van der Waals surface area contributed by atoms with Gasteiger partial charge in [-0.1, -0.05) is 49.3 Å². The molecule has 5 nitrogen and oxygen atoms in total. The zero-order chi connectivity index (χ0) is 14.1. The Kier molecular flexibility index (Phi) is 6.43. The Bertz CT molecular complexity index is 404. The molecule has 0 radical (unpaired) electrons. The SMILES string of the molecule is CC(C)C[C@@H](/C=N/O)NC(=O)OCc1ccccc1. The van der Waals surface area contributed by atoms with Crippen LogP contribution in [0, 0.1) is 5.92 Å². The van der Waals surface area contributed by atoms with Gasteiger partial charge in [-0.15, -0.1) is 0 Å². The molecule has 2 N–H and O–H groups in total. The van der Waals surface area contributed by atoms with E-state index in [1.807, 2.05) is 44.2 Å². The quantitative estimate of drug-likeness (QED) is 0.471. The van der Waals surface area contributed by atoms with Crippen molar-refractivity contribution in [1.82, 2.24) is 5.32 Å². The minimum atomic E-state index is -0.519. The number of oxime groups is 1. The molecule has 0 bridgehead atoms. The summed E-state index contributed by atoms with van der Waals surface area (Å²) in [5.74, 6) is 0.373. The topological polar surface area (TPSA) is 70.9 Å². The molecule has 0 spiro atoms. The van der Waals surface area contributed by atoms with Gasteiger partial charge in [-0.05, 0) is 17.9 Å². The van der Waals surface area contributed by atoms with Crippen molar-refractivity contribution in [2.75, 3.05) is 0 Å². The Hall–Kier alpha value is -2.04. The van der Waals surface area contributed by atoms with E-state index in [9.17, 15) is 4.79 Å². The van der Waals surface area contributed by atoms with Crippen LogP contribution in [-0.2, 0) is 11.3 Å². The van der Waals surface area contributed by atoms with E-state index in [0.717, 1.165) is 5.56 Å². The highest BCUT2D eigenvalue weighted by Gasteiger charge is 2.13. The zero-order valence-electron chi connectivity index (χ0n) is 11.2. The van der Waals surface area contributed by atoms with Crippen molar-refractivity contribution in [3.05, 3.63) is 35.9 Å². The number of amides is 1. The van der Waals surface area contributed by atoms with Gasteiger partial charge in [0, 0.05) is 0 Å². The van der Waals surface area contributed by atoms with E-state index < -0.39 is 6.09 Å². The summed E-state index contributed by atoms with van der Waals surface area (Å²) in [5.41, 5.74) is 0.925. The van der Waals surface area contributed by atoms with Crippen LogP contribution in [0.3, 0.4) is 0 Å². The smallest absolute Gasteiger partial charge is 0.407 e. The first-order valence-corrected chi connectivity index (χ1v) is 6.26. The summed E-state index contributed by atoms with van der Waals surface area (Å²) in [7, 11) is 0. The van der Waals surface area contributed by atoms with Crippen molar-refractivity contribution < 1.29 is 14.7 Å². The third-order valence-corrected chi connectivity index (χ3v) is 2.49. The third-order valence-electron chi connectivity index (χ3n) is 2.49. The van der Waals surface area contributed by atoms with Crippen LogP contribution in [0.15, 0.2) is 35.5 Å². The number of hydrogen-bond acceptors (Lipinski definition) is 4. The van der Waals surface area contributed by atoms with Crippen molar-refractivity contribution >= 4 is 12.3 Å². The van der Waals surface area contributed by atoms with E-state index in [2.05, 4.69) is 10.5 Å². The van der Waals surface area contributed by atoms with Crippen molar-refractivity contribution in [2.24, 2.45) is 11.1 Å². The molecule has 0 aliphatic heterocycles. The predicted molar refractivity (Wildman–Crippen MR) is 73.3 cm³/mol. The molecule has 0 aliphatic carbocycles. The number of carbonyl (C=O) groups is 1. The lowest BCUT2D eigenvalue weighted by atomic mass is 10.1. The van der Waals surface area contributed by atoms with Gasteiger partial charge in [0.05, 0.1) is 12.3 Å². The van der Waals surface area contributed by atoms with E-state index in [0.29, 0.717) is 12.3 Å². The van der Waals surface area contributed by atoms with Gasteiger partial charge >= 0.3 is 6.09 Å². The van der Waals surface area contributed by atoms with E-state index in [-0.39, 0.29) is 12.6 Å². The molecule has 0 fully saturated rings. The number of carbonyl (C=O) groups excluding carboxylic acids is 1. The summed E-state index contributed by atoms with van der Waals surface area (Å²) in [6.07, 6.45) is 1.46. The summed E-state index contributed by atoms with van der Waals surface area (Å²) in [5, 5.41) is 14.2. The van der Waals surface area contributed by atoms with Crippen molar-refractivity contribution in [3.63, 3.8) is 0 Å². The number of nitrogens with one attached hydrogen (secondary N) is 1. The van der Waals surface area contributed by atoms with Gasteiger partial charge in [-0.3, -0.25) is 0 Å². The molecule has 1 amide bonds. The normalized spacial score (nSPS) is 12.6. The fourth-order valence-corrected chi connectivity index (χ4v) is 1.66. The maximum absolute atomic E-state index is 11.6. The summed E-state index contributed by atoms with van der Waals surface area (Å²) in [6, 6.07) is 9.11. The lowest BCUT2D eigenvalue weighted by Crippen LogP contribution is -2.37. The fraction of sp³-hybridized carbons (Fsp3) is 0.429. The minimum Gasteiger partial charge on any atom is -0.445 e. The number of nitrogens with zero attached hydrogens (tertiary/aromatic N) is 1. The lowest BCUT2D eigenvalue weighted by Gasteiger charge is -2.15. The first-order valence-electron chi connectivity index (χ1n) is 6.26. The van der Waals surface area contributed by atoms with Crippen LogP contribution in [0.25, 0.3) is 0 Å². The molecule has 1 aromatic carbocycles. The van der Waals surface area contributed by atoms with E-state index in [4.69, 9.17) is 9.94 Å². The van der Waals surface area contributed by atoms with Gasteiger partial charge < -0.3 is 15.3 Å². The average molecular weight is 264 g/mol. The molecule has 0 saturated carbocycles. The van der Waals surface area contributed by atoms with Crippen molar-refractivity contribution in [2.45, 2.75) is 32.9 Å². The number of rotatable bonds is 6. The highest BCUT2D eigenvalue weighted by molar-refractivity contribution is 5.74. The number of benzene rings is 1. The van der Waals surface area contributed by atoms with Gasteiger partial charge in [0.25, 0.3) is 0 Å². The van der Waals surface area contributed by atoms with Crippen LogP contribution in [0.1, 0.15) is 25.8 Å². The Morgan fingerprint density at radius 1 is 1.42 bits per heavy atom. The van der Waals surface area contributed by atoms with Crippen LogP contribution in [0.4, 0.5) is 4.79 Å². The van der Waals surface area contributed by atoms with Gasteiger partial charge in [0.15, 0.2) is 0 Å². The fourth-order valence-electron chi connectivity index (χ4n) is 1.66. The van der Waals surface area contributed by atoms with Gasteiger partial charge in [0.2, 0.25) is 0 Å². The molecule has 104 valence electrons. The average Bonchev–Trinajstić information content (AvgIpc) is 2.37. The first kappa shape index (κ1) is 15.0. The van der Waals surface area contributed by atoms with Crippen LogP contribution >= 0.6 is 0 Å². The summed E-state index contributed by atoms with van der Waals surface area (Å²) >= 11 is 0. The maximum atomic E-state index is 11.6. The van der Waals surface area contributed by atoms with Crippen LogP contribution in [0.5, 0.6) is 0 Å². The first-order chi connectivity index (χ1) is 9.11. The Morgan fingerprint density at radius 2 is 2.11 bits per heavy atom. The molecule has 1 aromatic rings. The second-order valence-corrected chi connectivity index (χ2v) is 4.71. The monoisotopic (exact) mass is 264 g/mol. The largest absolute Gasteiger partial charge is 0.445 e. The van der Waals surface area contributed by atoms with E-state index >= 15 is 0 Å². The third kappa shape index (κ3) is 6.45. The number of hydrogen-bond donors (Lipinski definition) is 2. The molecule has 0 unspecified atom stereocenters. The van der Waals surface area contributed by atoms with Gasteiger partial charge in [-0.2, -0.15) is 0 Å². The van der Waals surface area contributed by atoms with E-state index in [1.54, 1.807) is 0 Å². The second-order valence-electron chi connectivity index (χ2n) is 4.71. The molecule has 0 heterocycles. The second kappa shape index (κ2) is 8.13. The maximum Gasteiger partial charge on any atom is 0.407 e. The number of ether oxygens (including phenoxy) is 1. The van der Waals surface area contributed by atoms with Crippen molar-refractivity contribution in [1.29, 1.82) is 0 Å². The molecule has 1 atom stereocenters. The highest BCUT2D eigenvalue weighted by atomic mass is 16.5. The molecular formula is C14H20N2O3. The standard InChI is InChI=1S/C14H20N2O3/c1-11(2)8-13(9-15-18)16-14(17)19-10-12-6-4-3-5-7-12/h3-7,9,11,13,18H,8,10H2,1-2H3,(H,16,17)/b15-9+/t13-/m0/s1. The summed E-state index contributed by atoms with van der Waals surface area (Å²) in [4.78, 5) is 11.6. The number of alkyl carbamates (subject to hydrolysis) is 1. The molecule has 0 aromatic heterocycles. The molecule has 0 aliphatic rings. The van der Waals surface area contributed by atoms with E-state index in [1.165, 1.54) is 6.21 Å². The molecule has 5 heteroatoms. The Labute approximate surface area is 113 Å². The Morgan fingerprint density at radius 3 is 2.68 bits per heavy atom. The molecular weight excluding hydrogens is 244 g/mol. The van der Waals surface area contributed by atoms with Crippen molar-refractivity contribution in [3.8, 4) is 0 Å². The van der Waals surface area contributed by atoms with Crippen LogP contribution < -0.4 is 5.32 Å².